The third kappa shape index (κ3) is 5.55. The summed E-state index contributed by atoms with van der Waals surface area (Å²) in [5.41, 5.74) is 2.44. The monoisotopic (exact) mass is 573 g/mol. The smallest absolute Gasteiger partial charge is 0.324 e. The number of para-hydroxylation sites is 2. The molecule has 2 aliphatic heterocycles. The lowest BCUT2D eigenvalue weighted by Crippen LogP contribution is -3.15. The zero-order valence-electron chi connectivity index (χ0n) is 24.3. The minimum Gasteiger partial charge on any atom is -0.632 e. The van der Waals surface area contributed by atoms with Gasteiger partial charge in [-0.15, -0.1) is 0 Å². The number of urea groups is 1. The van der Waals surface area contributed by atoms with Crippen molar-refractivity contribution in [3.63, 3.8) is 0 Å². The third-order valence-corrected chi connectivity index (χ3v) is 10.5. The van der Waals surface area contributed by atoms with Gasteiger partial charge in [0.15, 0.2) is 0 Å². The van der Waals surface area contributed by atoms with Crippen molar-refractivity contribution in [3.05, 3.63) is 65.4 Å². The average molecular weight is 574 g/mol. The summed E-state index contributed by atoms with van der Waals surface area (Å²) in [4.78, 5) is 32.0. The molecule has 6 aliphatic rings. The summed E-state index contributed by atoms with van der Waals surface area (Å²) < 4.78 is 5.53. The zero-order valence-corrected chi connectivity index (χ0v) is 24.3. The second-order valence-electron chi connectivity index (χ2n) is 13.5. The molecule has 5 fully saturated rings. The Morgan fingerprint density at radius 3 is 2.29 bits per heavy atom. The summed E-state index contributed by atoms with van der Waals surface area (Å²) in [6, 6.07) is 16.1. The Hall–Kier alpha value is -2.98. The van der Waals surface area contributed by atoms with E-state index < -0.39 is 18.2 Å². The van der Waals surface area contributed by atoms with Crippen LogP contribution in [0.2, 0.25) is 0 Å². The third-order valence-electron chi connectivity index (χ3n) is 10.5. The number of benzene rings is 2. The zero-order chi connectivity index (χ0) is 28.7. The van der Waals surface area contributed by atoms with Crippen LogP contribution in [0, 0.1) is 28.4 Å². The number of ether oxygens (including phenoxy) is 1. The number of quaternary nitrogens is 1. The van der Waals surface area contributed by atoms with Crippen LogP contribution >= 0.6 is 0 Å². The summed E-state index contributed by atoms with van der Waals surface area (Å²) in [5, 5.41) is 19.8. The first-order valence-corrected chi connectivity index (χ1v) is 15.8. The number of carbonyl (C=O) groups excluding carboxylic acids is 2. The number of hydrogen-bond acceptors (Lipinski definition) is 5. The topological polar surface area (TPSA) is 101 Å². The number of rotatable bonds is 7. The Kier molecular flexibility index (Phi) is 7.69. The Bertz CT molecular complexity index is 1250. The van der Waals surface area contributed by atoms with E-state index >= 15 is 0 Å². The molecule has 3 amide bonds. The Balaban J connectivity index is 1.20. The van der Waals surface area contributed by atoms with Crippen LogP contribution in [0.1, 0.15) is 56.6 Å². The SMILES string of the molecule is O=C(Nc1ccccc1)NC1C(=O)N(CC23CC4CC(CC(C4)C2)C3)c2ccccc2C(CCN2CCOCC2)[NH+]1[O-]. The number of nitrogens with zero attached hydrogens (tertiary/aromatic N) is 2. The van der Waals surface area contributed by atoms with Crippen molar-refractivity contribution in [2.45, 2.75) is 57.2 Å². The highest BCUT2D eigenvalue weighted by molar-refractivity contribution is 6.00. The van der Waals surface area contributed by atoms with Crippen LogP contribution in [-0.4, -0.2) is 62.4 Å². The van der Waals surface area contributed by atoms with E-state index in [1.54, 1.807) is 12.1 Å². The lowest BCUT2D eigenvalue weighted by atomic mass is 9.49. The van der Waals surface area contributed by atoms with Crippen molar-refractivity contribution >= 4 is 23.3 Å². The van der Waals surface area contributed by atoms with E-state index in [1.807, 2.05) is 47.4 Å². The van der Waals surface area contributed by atoms with Crippen molar-refractivity contribution in [1.82, 2.24) is 10.2 Å². The van der Waals surface area contributed by atoms with Crippen LogP contribution in [0.5, 0.6) is 0 Å². The Morgan fingerprint density at radius 1 is 0.952 bits per heavy atom. The lowest BCUT2D eigenvalue weighted by Gasteiger charge is -2.57. The molecular formula is C33H43N5O4. The molecule has 3 atom stereocenters. The van der Waals surface area contributed by atoms with Gasteiger partial charge in [-0.1, -0.05) is 36.4 Å². The number of carbonyl (C=O) groups is 2. The largest absolute Gasteiger partial charge is 0.632 e. The van der Waals surface area contributed by atoms with Crippen molar-refractivity contribution in [1.29, 1.82) is 0 Å². The van der Waals surface area contributed by atoms with Crippen LogP contribution in [0.15, 0.2) is 54.6 Å². The van der Waals surface area contributed by atoms with Gasteiger partial charge in [-0.3, -0.25) is 15.0 Å². The summed E-state index contributed by atoms with van der Waals surface area (Å²) in [5.74, 6) is 1.95. The molecule has 3 N–H and O–H groups in total. The molecule has 0 spiro atoms. The molecule has 9 nitrogen and oxygen atoms in total. The minimum absolute atomic E-state index is 0.0883. The fourth-order valence-corrected chi connectivity index (χ4v) is 9.15. The molecule has 2 heterocycles. The van der Waals surface area contributed by atoms with Gasteiger partial charge >= 0.3 is 11.9 Å². The maximum absolute atomic E-state index is 14.5. The molecular weight excluding hydrogens is 530 g/mol. The first-order valence-electron chi connectivity index (χ1n) is 15.8. The summed E-state index contributed by atoms with van der Waals surface area (Å²) in [6.45, 7) is 4.41. The standard InChI is InChI=1S/C33H43N5O4/c39-31-30(35-32(40)34-26-6-2-1-3-7-26)38(41)29(10-11-36-12-14-42-15-13-36)27-8-4-5-9-28(27)37(31)22-33-19-23-16-24(20-33)18-25(17-23)21-33/h1-9,23-25,29-30,38H,10-22H2,(H2,34,35,40). The molecule has 4 bridgehead atoms. The molecule has 4 saturated carbocycles. The highest BCUT2D eigenvalue weighted by Crippen LogP contribution is 2.60. The maximum atomic E-state index is 14.5. The van der Waals surface area contributed by atoms with Gasteiger partial charge in [-0.05, 0) is 79.9 Å². The van der Waals surface area contributed by atoms with E-state index in [9.17, 15) is 14.8 Å². The molecule has 224 valence electrons. The van der Waals surface area contributed by atoms with Crippen LogP contribution in [-0.2, 0) is 9.53 Å². The molecule has 2 aromatic carbocycles. The fraction of sp³-hybridized carbons (Fsp3) is 0.576. The number of amides is 3. The molecule has 0 aromatic heterocycles. The van der Waals surface area contributed by atoms with E-state index in [0.717, 1.165) is 67.9 Å². The number of fused-ring (bicyclic) bond motifs is 1. The van der Waals surface area contributed by atoms with E-state index in [-0.39, 0.29) is 16.4 Å². The van der Waals surface area contributed by atoms with Crippen LogP contribution < -0.4 is 20.6 Å². The van der Waals surface area contributed by atoms with Gasteiger partial charge in [-0.25, -0.2) is 4.79 Å². The summed E-state index contributed by atoms with van der Waals surface area (Å²) in [7, 11) is 0. The van der Waals surface area contributed by atoms with Crippen molar-refractivity contribution in [2.75, 3.05) is 49.6 Å². The molecule has 0 radical (unpaired) electrons. The van der Waals surface area contributed by atoms with E-state index in [2.05, 4.69) is 15.5 Å². The van der Waals surface area contributed by atoms with E-state index in [0.29, 0.717) is 31.9 Å². The summed E-state index contributed by atoms with van der Waals surface area (Å²) in [6.07, 6.45) is 6.81. The average Bonchev–Trinajstić information content (AvgIpc) is 3.06. The molecule has 9 heteroatoms. The quantitative estimate of drug-likeness (QED) is 0.440. The number of hydroxylamine groups is 2. The molecule has 4 aliphatic carbocycles. The first kappa shape index (κ1) is 27.8. The van der Waals surface area contributed by atoms with Crippen molar-refractivity contribution in [2.24, 2.45) is 23.2 Å². The van der Waals surface area contributed by atoms with Gasteiger partial charge in [0.1, 0.15) is 6.04 Å². The molecule has 2 aromatic rings. The van der Waals surface area contributed by atoms with Crippen LogP contribution in [0.25, 0.3) is 0 Å². The Morgan fingerprint density at radius 2 is 1.60 bits per heavy atom. The number of anilines is 2. The Labute approximate surface area is 248 Å². The second kappa shape index (κ2) is 11.6. The molecule has 3 unspecified atom stereocenters. The van der Waals surface area contributed by atoms with Crippen LogP contribution in [0.4, 0.5) is 16.2 Å². The van der Waals surface area contributed by atoms with Gasteiger partial charge in [0, 0.05) is 43.9 Å². The fourth-order valence-electron chi connectivity index (χ4n) is 9.15. The van der Waals surface area contributed by atoms with E-state index in [4.69, 9.17) is 4.74 Å². The second-order valence-corrected chi connectivity index (χ2v) is 13.5. The van der Waals surface area contributed by atoms with E-state index in [1.165, 1.54) is 19.3 Å². The van der Waals surface area contributed by atoms with Gasteiger partial charge in [0.05, 0.1) is 18.9 Å². The van der Waals surface area contributed by atoms with Gasteiger partial charge in [0.25, 0.3) is 0 Å². The highest BCUT2D eigenvalue weighted by atomic mass is 16.5. The summed E-state index contributed by atoms with van der Waals surface area (Å²) >= 11 is 0. The predicted molar refractivity (Wildman–Crippen MR) is 161 cm³/mol. The first-order chi connectivity index (χ1) is 20.5. The predicted octanol–water partition coefficient (Wildman–Crippen LogP) is 3.54. The normalized spacial score (nSPS) is 34.1. The maximum Gasteiger partial charge on any atom is 0.324 e. The molecule has 42 heavy (non-hydrogen) atoms. The molecule has 8 rings (SSSR count). The van der Waals surface area contributed by atoms with Gasteiger partial charge in [-0.2, -0.15) is 0 Å². The van der Waals surface area contributed by atoms with Crippen molar-refractivity contribution in [3.8, 4) is 0 Å². The number of morpholine rings is 1. The lowest BCUT2D eigenvalue weighted by molar-refractivity contribution is -0.900. The van der Waals surface area contributed by atoms with Crippen LogP contribution in [0.3, 0.4) is 0 Å². The van der Waals surface area contributed by atoms with Gasteiger partial charge < -0.3 is 25.2 Å². The van der Waals surface area contributed by atoms with Gasteiger partial charge in [0.2, 0.25) is 6.17 Å². The molecule has 1 saturated heterocycles. The number of hydrogen-bond donors (Lipinski definition) is 3. The number of nitrogens with one attached hydrogen (secondary N) is 3. The van der Waals surface area contributed by atoms with Crippen molar-refractivity contribution < 1.29 is 19.4 Å². The minimum atomic E-state index is -1.25. The highest BCUT2D eigenvalue weighted by Gasteiger charge is 2.53.